The minimum Gasteiger partial charge on any atom is -0.497 e. The van der Waals surface area contributed by atoms with Gasteiger partial charge in [0, 0.05) is 12.1 Å². The molecule has 0 radical (unpaired) electrons. The van der Waals surface area contributed by atoms with E-state index in [0.717, 1.165) is 11.6 Å². The van der Waals surface area contributed by atoms with Crippen molar-refractivity contribution < 1.29 is 13.9 Å². The number of rotatable bonds is 5. The highest BCUT2D eigenvalue weighted by Crippen LogP contribution is 2.21. The minimum absolute atomic E-state index is 0.00955. The van der Waals surface area contributed by atoms with Gasteiger partial charge in [-0.05, 0) is 35.9 Å². The second-order valence-corrected chi connectivity index (χ2v) is 5.24. The fraction of sp³-hybridized carbons (Fsp3) is 0.111. The molecule has 0 saturated carbocycles. The molecule has 0 aliphatic carbocycles. The van der Waals surface area contributed by atoms with E-state index in [1.807, 2.05) is 0 Å². The Bertz CT molecular complexity index is 791. The van der Waals surface area contributed by atoms with Crippen LogP contribution < -0.4 is 10.1 Å². The monoisotopic (exact) mass is 344 g/mol. The number of carbonyl (C=O) groups is 1. The number of benzene rings is 2. The third-order valence-electron chi connectivity index (χ3n) is 3.27. The molecule has 2 aromatic rings. The lowest BCUT2D eigenvalue weighted by atomic mass is 10.1. The Labute approximate surface area is 144 Å². The first-order valence-corrected chi connectivity index (χ1v) is 7.40. The summed E-state index contributed by atoms with van der Waals surface area (Å²) >= 11 is 5.90. The molecule has 0 unspecified atom stereocenters. The number of methoxy groups -OCH3 is 1. The molecule has 122 valence electrons. The van der Waals surface area contributed by atoms with Crippen molar-refractivity contribution in [3.8, 4) is 11.8 Å². The van der Waals surface area contributed by atoms with Crippen LogP contribution >= 0.6 is 11.6 Å². The van der Waals surface area contributed by atoms with Crippen molar-refractivity contribution in [3.63, 3.8) is 0 Å². The van der Waals surface area contributed by atoms with E-state index in [1.54, 1.807) is 37.4 Å². The van der Waals surface area contributed by atoms with Gasteiger partial charge in [-0.25, -0.2) is 4.39 Å². The zero-order chi connectivity index (χ0) is 17.5. The molecule has 0 aromatic heterocycles. The maximum Gasteiger partial charge on any atom is 0.262 e. The molecule has 0 saturated heterocycles. The van der Waals surface area contributed by atoms with Gasteiger partial charge in [0.2, 0.25) is 0 Å². The Hall–Kier alpha value is -2.84. The van der Waals surface area contributed by atoms with Gasteiger partial charge in [-0.3, -0.25) is 4.79 Å². The van der Waals surface area contributed by atoms with E-state index in [1.165, 1.54) is 18.2 Å². The maximum absolute atomic E-state index is 13.8. The van der Waals surface area contributed by atoms with Crippen LogP contribution in [-0.2, 0) is 11.3 Å². The summed E-state index contributed by atoms with van der Waals surface area (Å²) in [6.45, 7) is 0.229. The van der Waals surface area contributed by atoms with Gasteiger partial charge in [0.05, 0.1) is 12.1 Å². The highest BCUT2D eigenvalue weighted by molar-refractivity contribution is 6.32. The van der Waals surface area contributed by atoms with Crippen LogP contribution in [-0.4, -0.2) is 13.0 Å². The average Bonchev–Trinajstić information content (AvgIpc) is 2.60. The third kappa shape index (κ3) is 4.34. The molecule has 0 aliphatic rings. The number of carbonyl (C=O) groups excluding carboxylic acids is 1. The van der Waals surface area contributed by atoms with E-state index in [4.69, 9.17) is 21.6 Å². The van der Waals surface area contributed by atoms with Crippen LogP contribution in [0.3, 0.4) is 0 Å². The largest absolute Gasteiger partial charge is 0.497 e. The van der Waals surface area contributed by atoms with Gasteiger partial charge >= 0.3 is 0 Å². The van der Waals surface area contributed by atoms with Crippen molar-refractivity contribution >= 4 is 23.6 Å². The van der Waals surface area contributed by atoms with Crippen molar-refractivity contribution in [2.75, 3.05) is 7.11 Å². The van der Waals surface area contributed by atoms with Gasteiger partial charge in [-0.1, -0.05) is 29.8 Å². The number of nitriles is 1. The predicted octanol–water partition coefficient (Wildman–Crippen LogP) is 3.71. The molecule has 0 fully saturated rings. The fourth-order valence-electron chi connectivity index (χ4n) is 1.96. The van der Waals surface area contributed by atoms with Gasteiger partial charge in [0.15, 0.2) is 0 Å². The first kappa shape index (κ1) is 17.5. The molecule has 24 heavy (non-hydrogen) atoms. The SMILES string of the molecule is COc1ccc(CNC(=O)/C(C#N)=C\c2c(F)cccc2Cl)cc1. The number of nitrogens with one attached hydrogen (secondary N) is 1. The third-order valence-corrected chi connectivity index (χ3v) is 3.60. The summed E-state index contributed by atoms with van der Waals surface area (Å²) in [7, 11) is 1.56. The molecule has 1 amide bonds. The molecule has 2 rings (SSSR count). The van der Waals surface area contributed by atoms with Gasteiger partial charge < -0.3 is 10.1 Å². The summed E-state index contributed by atoms with van der Waals surface area (Å²) in [5.41, 5.74) is 0.621. The van der Waals surface area contributed by atoms with E-state index < -0.39 is 11.7 Å². The van der Waals surface area contributed by atoms with Crippen molar-refractivity contribution in [2.45, 2.75) is 6.54 Å². The van der Waals surface area contributed by atoms with E-state index in [9.17, 15) is 9.18 Å². The Morgan fingerprint density at radius 1 is 1.33 bits per heavy atom. The van der Waals surface area contributed by atoms with E-state index in [2.05, 4.69) is 5.32 Å². The fourth-order valence-corrected chi connectivity index (χ4v) is 2.18. The van der Waals surface area contributed by atoms with Crippen LogP contribution in [0.15, 0.2) is 48.0 Å². The molecule has 4 nitrogen and oxygen atoms in total. The molecule has 6 heteroatoms. The summed E-state index contributed by atoms with van der Waals surface area (Å²) < 4.78 is 18.8. The van der Waals surface area contributed by atoms with Gasteiger partial charge in [0.1, 0.15) is 23.2 Å². The van der Waals surface area contributed by atoms with Crippen LogP contribution in [0.25, 0.3) is 6.08 Å². The minimum atomic E-state index is -0.604. The molecule has 0 spiro atoms. The van der Waals surface area contributed by atoms with E-state index in [-0.39, 0.29) is 22.7 Å². The first-order valence-electron chi connectivity index (χ1n) is 7.02. The molecule has 0 bridgehead atoms. The standard InChI is InChI=1S/C18H14ClFN2O2/c1-24-14-7-5-12(6-8-14)11-22-18(23)13(10-21)9-15-16(19)3-2-4-17(15)20/h2-9H,11H2,1H3,(H,22,23)/b13-9-. The van der Waals surface area contributed by atoms with Crippen LogP contribution in [0.1, 0.15) is 11.1 Å². The topological polar surface area (TPSA) is 62.1 Å². The molecule has 0 heterocycles. The Kier molecular flexibility index (Phi) is 5.94. The number of halogens is 2. The number of amides is 1. The molecule has 0 aliphatic heterocycles. The summed E-state index contributed by atoms with van der Waals surface area (Å²) in [5, 5.41) is 11.9. The van der Waals surface area contributed by atoms with Crippen molar-refractivity contribution in [1.29, 1.82) is 5.26 Å². The van der Waals surface area contributed by atoms with Crippen molar-refractivity contribution in [3.05, 3.63) is 70.0 Å². The van der Waals surface area contributed by atoms with E-state index in [0.29, 0.717) is 5.75 Å². The molecular weight excluding hydrogens is 331 g/mol. The number of ether oxygens (including phenoxy) is 1. The van der Waals surface area contributed by atoms with Crippen LogP contribution in [0.5, 0.6) is 5.75 Å². The predicted molar refractivity (Wildman–Crippen MR) is 89.8 cm³/mol. The van der Waals surface area contributed by atoms with Crippen molar-refractivity contribution in [1.82, 2.24) is 5.32 Å². The average molecular weight is 345 g/mol. The molecule has 0 atom stereocenters. The first-order chi connectivity index (χ1) is 11.5. The lowest BCUT2D eigenvalue weighted by Crippen LogP contribution is -2.24. The number of hydrogen-bond acceptors (Lipinski definition) is 3. The summed E-state index contributed by atoms with van der Waals surface area (Å²) in [4.78, 5) is 12.1. The lowest BCUT2D eigenvalue weighted by molar-refractivity contribution is -0.117. The lowest BCUT2D eigenvalue weighted by Gasteiger charge is -2.06. The molecule has 2 aromatic carbocycles. The summed E-state index contributed by atoms with van der Waals surface area (Å²) in [6.07, 6.45) is 1.14. The molecule has 1 N–H and O–H groups in total. The maximum atomic E-state index is 13.8. The van der Waals surface area contributed by atoms with Crippen LogP contribution in [0, 0.1) is 17.1 Å². The van der Waals surface area contributed by atoms with Crippen molar-refractivity contribution in [2.24, 2.45) is 0 Å². The normalized spacial score (nSPS) is 10.8. The number of hydrogen-bond donors (Lipinski definition) is 1. The Balaban J connectivity index is 2.11. The van der Waals surface area contributed by atoms with Gasteiger partial charge in [0.25, 0.3) is 5.91 Å². The van der Waals surface area contributed by atoms with Crippen LogP contribution in [0.4, 0.5) is 4.39 Å². The van der Waals surface area contributed by atoms with E-state index >= 15 is 0 Å². The highest BCUT2D eigenvalue weighted by Gasteiger charge is 2.12. The summed E-state index contributed by atoms with van der Waals surface area (Å²) in [5.74, 6) is -0.497. The highest BCUT2D eigenvalue weighted by atomic mass is 35.5. The molecular formula is C18H14ClFN2O2. The summed E-state index contributed by atoms with van der Waals surface area (Å²) in [6, 6.07) is 13.0. The van der Waals surface area contributed by atoms with Gasteiger partial charge in [-0.15, -0.1) is 0 Å². The zero-order valence-electron chi connectivity index (χ0n) is 12.8. The number of nitrogens with zero attached hydrogens (tertiary/aromatic N) is 1. The van der Waals surface area contributed by atoms with Gasteiger partial charge in [-0.2, -0.15) is 5.26 Å². The van der Waals surface area contributed by atoms with Crippen LogP contribution in [0.2, 0.25) is 5.02 Å². The second-order valence-electron chi connectivity index (χ2n) is 4.84. The Morgan fingerprint density at radius 3 is 2.62 bits per heavy atom. The Morgan fingerprint density at radius 2 is 2.04 bits per heavy atom. The second kappa shape index (κ2) is 8.14. The smallest absolute Gasteiger partial charge is 0.262 e. The quantitative estimate of drug-likeness (QED) is 0.664. The zero-order valence-corrected chi connectivity index (χ0v) is 13.6.